The molecule has 2 aliphatic heterocycles. The molecule has 0 aromatic carbocycles. The summed E-state index contributed by atoms with van der Waals surface area (Å²) in [6.45, 7) is 3.62. The number of carbonyl (C=O) groups is 2. The lowest BCUT2D eigenvalue weighted by molar-refractivity contribution is -0.193. The van der Waals surface area contributed by atoms with Gasteiger partial charge in [-0.3, -0.25) is 9.88 Å². The zero-order valence-electron chi connectivity index (χ0n) is 19.7. The van der Waals surface area contributed by atoms with Crippen molar-refractivity contribution < 1.29 is 55.6 Å². The van der Waals surface area contributed by atoms with Crippen molar-refractivity contribution in [1.82, 2.24) is 19.9 Å². The second-order valence-electron chi connectivity index (χ2n) is 8.24. The fourth-order valence-corrected chi connectivity index (χ4v) is 3.73. The molecule has 2 atom stereocenters. The number of alkyl halides is 6. The molecule has 2 unspecified atom stereocenters. The van der Waals surface area contributed by atoms with Crippen LogP contribution in [0.1, 0.15) is 24.8 Å². The molecule has 0 amide bonds. The van der Waals surface area contributed by atoms with E-state index in [-0.39, 0.29) is 11.7 Å². The summed E-state index contributed by atoms with van der Waals surface area (Å²) in [6.07, 6.45) is 0.118. The lowest BCUT2D eigenvalue weighted by atomic mass is 9.89. The summed E-state index contributed by atoms with van der Waals surface area (Å²) in [5.41, 5.74) is 1.20. The molecule has 38 heavy (non-hydrogen) atoms. The van der Waals surface area contributed by atoms with Crippen LogP contribution in [0.4, 0.5) is 26.3 Å². The Balaban J connectivity index is 0.000000301. The molecule has 4 rings (SSSR count). The number of hydrogen-bond donors (Lipinski definition) is 2. The molecule has 16 heteroatoms. The average molecular weight is 554 g/mol. The summed E-state index contributed by atoms with van der Waals surface area (Å²) in [5, 5.41) is 14.2. The zero-order chi connectivity index (χ0) is 28.4. The van der Waals surface area contributed by atoms with Gasteiger partial charge in [-0.15, -0.1) is 0 Å². The number of pyridine rings is 1. The van der Waals surface area contributed by atoms with Gasteiger partial charge in [0, 0.05) is 44.3 Å². The fraction of sp³-hybridized carbons (Fsp3) is 0.500. The quantitative estimate of drug-likeness (QED) is 0.542. The molecule has 0 saturated carbocycles. The third kappa shape index (κ3) is 10.5. The number of aliphatic carboxylic acids is 2. The van der Waals surface area contributed by atoms with Gasteiger partial charge in [0.2, 0.25) is 0 Å². The SMILES string of the molecule is O=C(O)C(F)(F)F.O=C(O)C(F)(F)F.c1cnc(OC2COC3(CCCN(Cc4ccncc4)C3)C2)nc1. The van der Waals surface area contributed by atoms with E-state index in [4.69, 9.17) is 29.3 Å². The molecule has 2 fully saturated rings. The normalized spacial score (nSPS) is 21.5. The largest absolute Gasteiger partial charge is 0.490 e. The third-order valence-corrected chi connectivity index (χ3v) is 5.25. The van der Waals surface area contributed by atoms with Crippen LogP contribution in [0.5, 0.6) is 6.01 Å². The highest BCUT2D eigenvalue weighted by Gasteiger charge is 2.44. The van der Waals surface area contributed by atoms with Crippen LogP contribution in [-0.4, -0.2) is 85.8 Å². The van der Waals surface area contributed by atoms with Crippen LogP contribution in [0.25, 0.3) is 0 Å². The number of hydrogen-bond acceptors (Lipinski definition) is 8. The Morgan fingerprint density at radius 3 is 2.11 bits per heavy atom. The molecule has 0 radical (unpaired) electrons. The second-order valence-corrected chi connectivity index (χ2v) is 8.24. The third-order valence-electron chi connectivity index (χ3n) is 5.25. The Morgan fingerprint density at radius 1 is 1.03 bits per heavy atom. The first-order valence-electron chi connectivity index (χ1n) is 11.0. The zero-order valence-corrected chi connectivity index (χ0v) is 19.7. The predicted octanol–water partition coefficient (Wildman–Crippen LogP) is 3.34. The van der Waals surface area contributed by atoms with Crippen molar-refractivity contribution in [3.8, 4) is 6.01 Å². The Kier molecular flexibility index (Phi) is 10.8. The van der Waals surface area contributed by atoms with Crippen molar-refractivity contribution in [1.29, 1.82) is 0 Å². The van der Waals surface area contributed by atoms with E-state index in [1.54, 1.807) is 18.5 Å². The van der Waals surface area contributed by atoms with Crippen LogP contribution in [0.3, 0.4) is 0 Å². The lowest BCUT2D eigenvalue weighted by Gasteiger charge is -2.39. The summed E-state index contributed by atoms with van der Waals surface area (Å²) in [5.74, 6) is -5.51. The summed E-state index contributed by atoms with van der Waals surface area (Å²) in [6, 6.07) is 6.38. The maximum absolute atomic E-state index is 10.6. The highest BCUT2D eigenvalue weighted by Crippen LogP contribution is 2.36. The molecule has 4 heterocycles. The van der Waals surface area contributed by atoms with E-state index in [9.17, 15) is 26.3 Å². The molecular weight excluding hydrogens is 530 g/mol. The minimum absolute atomic E-state index is 0.0354. The average Bonchev–Trinajstić information content (AvgIpc) is 3.21. The Bertz CT molecular complexity index is 1000. The number of halogens is 6. The fourth-order valence-electron chi connectivity index (χ4n) is 3.73. The number of aromatic nitrogens is 3. The molecular formula is C22H24F6N4O6. The molecule has 10 nitrogen and oxygen atoms in total. The van der Waals surface area contributed by atoms with Crippen molar-refractivity contribution >= 4 is 11.9 Å². The number of carboxylic acids is 2. The van der Waals surface area contributed by atoms with Gasteiger partial charge in [-0.25, -0.2) is 19.6 Å². The summed E-state index contributed by atoms with van der Waals surface area (Å²) in [7, 11) is 0. The Labute approximate surface area is 212 Å². The molecule has 2 aromatic heterocycles. The number of likely N-dealkylation sites (tertiary alicyclic amines) is 1. The van der Waals surface area contributed by atoms with Gasteiger partial charge >= 0.3 is 30.3 Å². The molecule has 210 valence electrons. The van der Waals surface area contributed by atoms with Gasteiger partial charge in [0.25, 0.3) is 0 Å². The van der Waals surface area contributed by atoms with E-state index in [0.717, 1.165) is 38.9 Å². The highest BCUT2D eigenvalue weighted by atomic mass is 19.4. The number of nitrogens with zero attached hydrogens (tertiary/aromatic N) is 4. The first-order valence-corrected chi connectivity index (χ1v) is 11.0. The van der Waals surface area contributed by atoms with E-state index in [1.807, 2.05) is 12.4 Å². The molecule has 2 N–H and O–H groups in total. The van der Waals surface area contributed by atoms with Crippen molar-refractivity contribution in [2.24, 2.45) is 0 Å². The minimum Gasteiger partial charge on any atom is -0.475 e. The van der Waals surface area contributed by atoms with Gasteiger partial charge in [0.05, 0.1) is 12.2 Å². The van der Waals surface area contributed by atoms with Crippen LogP contribution in [0, 0.1) is 0 Å². The number of carboxylic acid groups (broad SMARTS) is 2. The Morgan fingerprint density at radius 2 is 1.58 bits per heavy atom. The summed E-state index contributed by atoms with van der Waals surface area (Å²) >= 11 is 0. The topological polar surface area (TPSA) is 135 Å². The van der Waals surface area contributed by atoms with Gasteiger partial charge < -0.3 is 19.7 Å². The van der Waals surface area contributed by atoms with E-state index in [0.29, 0.717) is 12.6 Å². The van der Waals surface area contributed by atoms with E-state index < -0.39 is 24.3 Å². The maximum Gasteiger partial charge on any atom is 0.490 e. The van der Waals surface area contributed by atoms with E-state index in [2.05, 4.69) is 32.0 Å². The van der Waals surface area contributed by atoms with Crippen LogP contribution >= 0.6 is 0 Å². The maximum atomic E-state index is 10.6. The first-order chi connectivity index (χ1) is 17.7. The summed E-state index contributed by atoms with van der Waals surface area (Å²) in [4.78, 5) is 32.6. The van der Waals surface area contributed by atoms with Crippen molar-refractivity contribution in [2.45, 2.75) is 49.9 Å². The van der Waals surface area contributed by atoms with Crippen LogP contribution < -0.4 is 4.74 Å². The van der Waals surface area contributed by atoms with Gasteiger partial charge in [-0.2, -0.15) is 26.3 Å². The molecule has 0 bridgehead atoms. The van der Waals surface area contributed by atoms with Crippen molar-refractivity contribution in [3.05, 3.63) is 48.5 Å². The number of rotatable bonds is 4. The number of piperidine rings is 1. The lowest BCUT2D eigenvalue weighted by Crippen LogP contribution is -2.47. The Hall–Kier alpha value is -3.53. The van der Waals surface area contributed by atoms with Gasteiger partial charge in [-0.1, -0.05) is 0 Å². The smallest absolute Gasteiger partial charge is 0.475 e. The van der Waals surface area contributed by atoms with E-state index >= 15 is 0 Å². The van der Waals surface area contributed by atoms with Crippen molar-refractivity contribution in [3.63, 3.8) is 0 Å². The number of ether oxygens (including phenoxy) is 2. The first kappa shape index (κ1) is 30.7. The van der Waals surface area contributed by atoms with E-state index in [1.165, 1.54) is 5.56 Å². The van der Waals surface area contributed by atoms with Crippen LogP contribution in [0.15, 0.2) is 43.0 Å². The predicted molar refractivity (Wildman–Crippen MR) is 116 cm³/mol. The molecule has 2 aromatic rings. The standard InChI is InChI=1S/C18H22N4O2.2C2HF3O2/c1-5-18(14-22(10-1)12-15-3-8-19-9-4-15)11-16(13-23-18)24-17-20-6-2-7-21-17;2*3-2(4,5)1(6)7/h2-4,6-9,16H,1,5,10-14H2;2*(H,6,7). The molecule has 2 aliphatic rings. The van der Waals surface area contributed by atoms with Gasteiger partial charge in [0.15, 0.2) is 0 Å². The molecule has 0 aliphatic carbocycles. The second kappa shape index (κ2) is 13.3. The molecule has 1 spiro atoms. The minimum atomic E-state index is -5.08. The van der Waals surface area contributed by atoms with Gasteiger partial charge in [0.1, 0.15) is 6.10 Å². The summed E-state index contributed by atoms with van der Waals surface area (Å²) < 4.78 is 75.6. The van der Waals surface area contributed by atoms with Crippen LogP contribution in [-0.2, 0) is 20.9 Å². The monoisotopic (exact) mass is 554 g/mol. The van der Waals surface area contributed by atoms with Gasteiger partial charge in [-0.05, 0) is 43.1 Å². The highest BCUT2D eigenvalue weighted by molar-refractivity contribution is 5.73. The molecule has 2 saturated heterocycles. The van der Waals surface area contributed by atoms with Crippen molar-refractivity contribution in [2.75, 3.05) is 19.7 Å². The van der Waals surface area contributed by atoms with Crippen LogP contribution in [0.2, 0.25) is 0 Å².